The van der Waals surface area contributed by atoms with Crippen LogP contribution >= 0.6 is 27.5 Å². The predicted molar refractivity (Wildman–Crippen MR) is 80.1 cm³/mol. The van der Waals surface area contributed by atoms with Crippen LogP contribution in [0.2, 0.25) is 5.02 Å². The lowest BCUT2D eigenvalue weighted by Crippen LogP contribution is -2.09. The monoisotopic (exact) mass is 371 g/mol. The van der Waals surface area contributed by atoms with Crippen molar-refractivity contribution < 1.29 is 14.1 Å². The van der Waals surface area contributed by atoms with Gasteiger partial charge in [-0.05, 0) is 24.3 Å². The van der Waals surface area contributed by atoms with E-state index in [9.17, 15) is 19.3 Å². The zero-order valence-corrected chi connectivity index (χ0v) is 12.8. The summed E-state index contributed by atoms with van der Waals surface area (Å²) in [7, 11) is 0. The highest BCUT2D eigenvalue weighted by atomic mass is 79.9. The predicted octanol–water partition coefficient (Wildman–Crippen LogP) is 4.48. The third-order valence-electron chi connectivity index (χ3n) is 2.97. The molecule has 0 saturated heterocycles. The highest BCUT2D eigenvalue weighted by Gasteiger charge is 2.27. The maximum Gasteiger partial charge on any atom is 0.273 e. The maximum atomic E-state index is 14.0. The number of nitro groups is 1. The molecule has 0 aliphatic carbocycles. The Morgan fingerprint density at radius 1 is 1.33 bits per heavy atom. The lowest BCUT2D eigenvalue weighted by molar-refractivity contribution is -0.385. The molecule has 1 atom stereocenters. The highest BCUT2D eigenvalue weighted by molar-refractivity contribution is 9.10. The van der Waals surface area contributed by atoms with Gasteiger partial charge in [-0.15, -0.1) is 0 Å². The van der Waals surface area contributed by atoms with Crippen LogP contribution in [0.5, 0.6) is 0 Å². The van der Waals surface area contributed by atoms with Gasteiger partial charge >= 0.3 is 0 Å². The number of hydrogen-bond acceptors (Lipinski definition) is 3. The van der Waals surface area contributed by atoms with E-state index in [0.717, 1.165) is 6.07 Å². The molecule has 2 aromatic carbocycles. The molecule has 0 fully saturated rings. The first-order chi connectivity index (χ1) is 9.95. The number of rotatable bonds is 4. The van der Waals surface area contributed by atoms with Gasteiger partial charge in [0.05, 0.1) is 10.8 Å². The van der Waals surface area contributed by atoms with Gasteiger partial charge in [0, 0.05) is 26.7 Å². The van der Waals surface area contributed by atoms with Crippen LogP contribution in [0.4, 0.5) is 10.1 Å². The van der Waals surface area contributed by atoms with Crippen molar-refractivity contribution in [1.29, 1.82) is 0 Å². The van der Waals surface area contributed by atoms with Crippen molar-refractivity contribution in [3.8, 4) is 0 Å². The van der Waals surface area contributed by atoms with E-state index in [1.807, 2.05) is 0 Å². The van der Waals surface area contributed by atoms with Crippen LogP contribution in [-0.4, -0.2) is 11.2 Å². The van der Waals surface area contributed by atoms with Crippen molar-refractivity contribution in [3.63, 3.8) is 0 Å². The molecule has 0 radical (unpaired) electrons. The van der Waals surface area contributed by atoms with E-state index >= 15 is 0 Å². The molecule has 4 nitrogen and oxygen atoms in total. The van der Waals surface area contributed by atoms with E-state index in [1.54, 1.807) is 0 Å². The van der Waals surface area contributed by atoms with Crippen molar-refractivity contribution >= 4 is 39.5 Å². The summed E-state index contributed by atoms with van der Waals surface area (Å²) in [5.74, 6) is -1.84. The van der Waals surface area contributed by atoms with Crippen molar-refractivity contribution in [3.05, 3.63) is 73.0 Å². The summed E-state index contributed by atoms with van der Waals surface area (Å²) in [5.41, 5.74) is -0.263. The number of nitro benzene ring substituents is 1. The lowest BCUT2D eigenvalue weighted by atomic mass is 9.91. The van der Waals surface area contributed by atoms with Crippen LogP contribution in [-0.2, 0) is 4.79 Å². The molecule has 0 amide bonds. The molecular weight excluding hydrogens is 365 g/mol. The summed E-state index contributed by atoms with van der Waals surface area (Å²) in [6.45, 7) is 0. The fourth-order valence-corrected chi connectivity index (χ4v) is 2.70. The van der Waals surface area contributed by atoms with Gasteiger partial charge in [-0.3, -0.25) is 10.1 Å². The van der Waals surface area contributed by atoms with E-state index in [4.69, 9.17) is 11.6 Å². The Bertz CT molecular complexity index is 703. The van der Waals surface area contributed by atoms with Crippen molar-refractivity contribution in [2.45, 2.75) is 5.92 Å². The molecule has 0 saturated carbocycles. The van der Waals surface area contributed by atoms with Crippen LogP contribution in [0.25, 0.3) is 0 Å². The van der Waals surface area contributed by atoms with Gasteiger partial charge in [-0.1, -0.05) is 33.6 Å². The zero-order valence-electron chi connectivity index (χ0n) is 10.4. The fraction of sp³-hybridized carbons (Fsp3) is 0.0714. The summed E-state index contributed by atoms with van der Waals surface area (Å²) < 4.78 is 14.5. The zero-order chi connectivity index (χ0) is 15.6. The minimum absolute atomic E-state index is 0.0429. The molecule has 0 aromatic heterocycles. The van der Waals surface area contributed by atoms with E-state index in [-0.39, 0.29) is 21.8 Å². The minimum Gasteiger partial charge on any atom is -0.302 e. The van der Waals surface area contributed by atoms with Gasteiger partial charge in [-0.25, -0.2) is 4.39 Å². The van der Waals surface area contributed by atoms with Gasteiger partial charge < -0.3 is 4.79 Å². The third-order valence-corrected chi connectivity index (χ3v) is 3.79. The van der Waals surface area contributed by atoms with Crippen LogP contribution in [0.1, 0.15) is 17.0 Å². The smallest absolute Gasteiger partial charge is 0.273 e. The number of hydrogen-bond donors (Lipinski definition) is 0. The lowest BCUT2D eigenvalue weighted by Gasteiger charge is -2.14. The van der Waals surface area contributed by atoms with Gasteiger partial charge in [0.1, 0.15) is 12.1 Å². The fourth-order valence-electron chi connectivity index (χ4n) is 2.05. The first-order valence-electron chi connectivity index (χ1n) is 5.78. The summed E-state index contributed by atoms with van der Waals surface area (Å²) in [5, 5.41) is 11.1. The second-order valence-electron chi connectivity index (χ2n) is 4.21. The molecule has 0 spiro atoms. The van der Waals surface area contributed by atoms with Crippen molar-refractivity contribution in [2.75, 3.05) is 0 Å². The maximum absolute atomic E-state index is 14.0. The SMILES string of the molecule is O=CC(c1cc(Br)ccc1[N+](=O)[O-])c1c(F)cccc1Cl. The van der Waals surface area contributed by atoms with Gasteiger partial charge in [0.2, 0.25) is 0 Å². The molecule has 21 heavy (non-hydrogen) atoms. The standard InChI is InChI=1S/C14H8BrClFNO3/c15-8-4-5-13(18(20)21)9(6-8)10(7-19)14-11(16)2-1-3-12(14)17/h1-7,10H. The molecule has 7 heteroatoms. The quantitative estimate of drug-likeness (QED) is 0.451. The molecule has 2 aromatic rings. The molecule has 0 aliphatic rings. The molecule has 0 bridgehead atoms. The Hall–Kier alpha value is -1.79. The molecule has 108 valence electrons. The van der Waals surface area contributed by atoms with Gasteiger partial charge in [-0.2, -0.15) is 0 Å². The Labute approximate surface area is 132 Å². The minimum atomic E-state index is -1.16. The summed E-state index contributed by atoms with van der Waals surface area (Å²) in [4.78, 5) is 21.9. The van der Waals surface area contributed by atoms with E-state index < -0.39 is 16.7 Å². The molecule has 0 aliphatic heterocycles. The largest absolute Gasteiger partial charge is 0.302 e. The van der Waals surface area contributed by atoms with Crippen molar-refractivity contribution in [1.82, 2.24) is 0 Å². The number of carbonyl (C=O) groups is 1. The first kappa shape index (κ1) is 15.6. The number of carbonyl (C=O) groups excluding carboxylic acids is 1. The van der Waals surface area contributed by atoms with Crippen molar-refractivity contribution in [2.24, 2.45) is 0 Å². The normalized spacial score (nSPS) is 12.0. The molecular formula is C14H8BrClFNO3. The molecule has 2 rings (SSSR count). The third kappa shape index (κ3) is 3.11. The molecule has 0 heterocycles. The van der Waals surface area contributed by atoms with Gasteiger partial charge in [0.15, 0.2) is 0 Å². The Morgan fingerprint density at radius 2 is 2.05 bits per heavy atom. The Morgan fingerprint density at radius 3 is 2.62 bits per heavy atom. The van der Waals surface area contributed by atoms with Gasteiger partial charge in [0.25, 0.3) is 5.69 Å². The van der Waals surface area contributed by atoms with E-state index in [1.165, 1.54) is 30.3 Å². The van der Waals surface area contributed by atoms with Crippen LogP contribution in [0.15, 0.2) is 40.9 Å². The van der Waals surface area contributed by atoms with Crippen LogP contribution in [0.3, 0.4) is 0 Å². The molecule has 0 N–H and O–H groups in total. The Kier molecular flexibility index (Phi) is 4.69. The average molecular weight is 373 g/mol. The van der Waals surface area contributed by atoms with Crippen LogP contribution in [0, 0.1) is 15.9 Å². The van der Waals surface area contributed by atoms with E-state index in [0.29, 0.717) is 10.8 Å². The topological polar surface area (TPSA) is 60.2 Å². The second-order valence-corrected chi connectivity index (χ2v) is 5.53. The Balaban J connectivity index is 2.70. The summed E-state index contributed by atoms with van der Waals surface area (Å²) >= 11 is 9.13. The number of benzene rings is 2. The summed E-state index contributed by atoms with van der Waals surface area (Å²) in [6, 6.07) is 8.14. The number of nitrogens with zero attached hydrogens (tertiary/aromatic N) is 1. The number of halogens is 3. The molecule has 1 unspecified atom stereocenters. The second kappa shape index (κ2) is 6.32. The van der Waals surface area contributed by atoms with E-state index in [2.05, 4.69) is 15.9 Å². The summed E-state index contributed by atoms with van der Waals surface area (Å²) in [6.07, 6.45) is 0.444. The highest BCUT2D eigenvalue weighted by Crippen LogP contribution is 2.36. The number of aldehydes is 1. The average Bonchev–Trinajstić information content (AvgIpc) is 2.42. The van der Waals surface area contributed by atoms with Crippen LogP contribution < -0.4 is 0 Å². The first-order valence-corrected chi connectivity index (χ1v) is 6.96.